The summed E-state index contributed by atoms with van der Waals surface area (Å²) in [6.07, 6.45) is 1.56. The van der Waals surface area contributed by atoms with E-state index in [4.69, 9.17) is 0 Å². The molecular weight excluding hydrogens is 194 g/mol. The molecule has 6 heteroatoms. The van der Waals surface area contributed by atoms with Crippen molar-refractivity contribution in [3.63, 3.8) is 0 Å². The van der Waals surface area contributed by atoms with E-state index in [0.29, 0.717) is 23.9 Å². The Bertz CT molecular complexity index is 409. The molecule has 0 atom stereocenters. The summed E-state index contributed by atoms with van der Waals surface area (Å²) in [5.41, 5.74) is 0.457. The summed E-state index contributed by atoms with van der Waals surface area (Å²) < 4.78 is 0. The van der Waals surface area contributed by atoms with Crippen LogP contribution in [0.2, 0.25) is 0 Å². The average Bonchev–Trinajstić information content (AvgIpc) is 2.22. The molecule has 15 heavy (non-hydrogen) atoms. The number of guanidine groups is 1. The lowest BCUT2D eigenvalue weighted by atomic mass is 10.3. The average molecular weight is 209 g/mol. The molecule has 6 nitrogen and oxygen atoms in total. The molecule has 0 aliphatic carbocycles. The highest BCUT2D eigenvalue weighted by molar-refractivity contribution is 5.79. The van der Waals surface area contributed by atoms with E-state index in [2.05, 4.69) is 25.6 Å². The van der Waals surface area contributed by atoms with Crippen molar-refractivity contribution in [2.24, 2.45) is 4.99 Å². The molecule has 0 unspecified atom stereocenters. The number of aliphatic imine (C=N–C) groups is 1. The van der Waals surface area contributed by atoms with Gasteiger partial charge < -0.3 is 15.6 Å². The Morgan fingerprint density at radius 2 is 2.40 bits per heavy atom. The van der Waals surface area contributed by atoms with Crippen LogP contribution in [0.15, 0.2) is 16.0 Å². The third-order valence-corrected chi connectivity index (χ3v) is 1.91. The van der Waals surface area contributed by atoms with E-state index in [1.54, 1.807) is 27.2 Å². The number of H-pyrrole nitrogens is 1. The van der Waals surface area contributed by atoms with Gasteiger partial charge in [-0.2, -0.15) is 0 Å². The zero-order chi connectivity index (χ0) is 11.3. The van der Waals surface area contributed by atoms with Crippen LogP contribution in [0.3, 0.4) is 0 Å². The molecule has 0 spiro atoms. The molecule has 0 saturated heterocycles. The highest BCUT2D eigenvalue weighted by atomic mass is 16.1. The highest BCUT2D eigenvalue weighted by Gasteiger charge is 2.01. The third kappa shape index (κ3) is 3.08. The standard InChI is InChI=1S/C9H15N5O/c1-6-12-4-7(8(15)14-6)5-13-9(10-2)11-3/h4H,5H2,1-3H3,(H2,10,11,13)(H,12,14,15). The molecule has 0 bridgehead atoms. The molecule has 0 aliphatic heterocycles. The van der Waals surface area contributed by atoms with Crippen molar-refractivity contribution in [3.8, 4) is 0 Å². The number of rotatable bonds is 2. The first-order chi connectivity index (χ1) is 7.17. The first-order valence-corrected chi connectivity index (χ1v) is 4.60. The number of aromatic nitrogens is 2. The van der Waals surface area contributed by atoms with Crippen LogP contribution >= 0.6 is 0 Å². The van der Waals surface area contributed by atoms with Crippen molar-refractivity contribution in [1.29, 1.82) is 0 Å². The molecule has 0 aliphatic rings. The molecule has 1 heterocycles. The lowest BCUT2D eigenvalue weighted by molar-refractivity contribution is 0.833. The Morgan fingerprint density at radius 1 is 1.67 bits per heavy atom. The molecule has 3 N–H and O–H groups in total. The van der Waals surface area contributed by atoms with Crippen LogP contribution in [0.5, 0.6) is 0 Å². The van der Waals surface area contributed by atoms with Crippen molar-refractivity contribution in [2.75, 3.05) is 14.1 Å². The largest absolute Gasteiger partial charge is 0.359 e. The quantitative estimate of drug-likeness (QED) is 0.447. The van der Waals surface area contributed by atoms with Crippen molar-refractivity contribution in [1.82, 2.24) is 20.6 Å². The summed E-state index contributed by atoms with van der Waals surface area (Å²) >= 11 is 0. The summed E-state index contributed by atoms with van der Waals surface area (Å²) in [6.45, 7) is 2.14. The minimum absolute atomic E-state index is 0.124. The van der Waals surface area contributed by atoms with Gasteiger partial charge in [0.15, 0.2) is 5.96 Å². The number of nitrogens with zero attached hydrogens (tertiary/aromatic N) is 2. The van der Waals surface area contributed by atoms with Gasteiger partial charge in [-0.25, -0.2) is 4.98 Å². The molecule has 82 valence electrons. The fourth-order valence-corrected chi connectivity index (χ4v) is 1.09. The second kappa shape index (κ2) is 5.14. The van der Waals surface area contributed by atoms with Crippen LogP contribution < -0.4 is 16.2 Å². The molecule has 1 aromatic rings. The SMILES string of the molecule is CN=C(NC)NCc1cnc(C)[nH]c1=O. The fraction of sp³-hybridized carbons (Fsp3) is 0.444. The summed E-state index contributed by atoms with van der Waals surface area (Å²) in [6, 6.07) is 0. The number of hydrogen-bond acceptors (Lipinski definition) is 3. The first kappa shape index (κ1) is 11.2. The predicted molar refractivity (Wildman–Crippen MR) is 58.9 cm³/mol. The van der Waals surface area contributed by atoms with E-state index in [1.165, 1.54) is 0 Å². The maximum absolute atomic E-state index is 11.4. The minimum atomic E-state index is -0.124. The molecule has 1 rings (SSSR count). The van der Waals surface area contributed by atoms with Crippen LogP contribution in [0, 0.1) is 6.92 Å². The van der Waals surface area contributed by atoms with Crippen molar-refractivity contribution in [3.05, 3.63) is 27.9 Å². The zero-order valence-electron chi connectivity index (χ0n) is 9.09. The Kier molecular flexibility index (Phi) is 3.84. The number of nitrogens with one attached hydrogen (secondary N) is 3. The number of aryl methyl sites for hydroxylation is 1. The number of hydrogen-bond donors (Lipinski definition) is 3. The van der Waals surface area contributed by atoms with E-state index < -0.39 is 0 Å². The van der Waals surface area contributed by atoms with Gasteiger partial charge in [0, 0.05) is 26.8 Å². The molecular formula is C9H15N5O. The van der Waals surface area contributed by atoms with E-state index in [9.17, 15) is 4.79 Å². The monoisotopic (exact) mass is 209 g/mol. The van der Waals surface area contributed by atoms with Gasteiger partial charge in [-0.1, -0.05) is 0 Å². The maximum atomic E-state index is 11.4. The Balaban J connectivity index is 2.70. The summed E-state index contributed by atoms with van der Waals surface area (Å²) in [7, 11) is 3.42. The third-order valence-electron chi connectivity index (χ3n) is 1.91. The van der Waals surface area contributed by atoms with Crippen molar-refractivity contribution >= 4 is 5.96 Å². The molecule has 0 amide bonds. The second-order valence-corrected chi connectivity index (χ2v) is 3.00. The smallest absolute Gasteiger partial charge is 0.255 e. The van der Waals surface area contributed by atoms with Gasteiger partial charge in [-0.3, -0.25) is 9.79 Å². The lowest BCUT2D eigenvalue weighted by Crippen LogP contribution is -2.35. The van der Waals surface area contributed by atoms with Crippen molar-refractivity contribution in [2.45, 2.75) is 13.5 Å². The summed E-state index contributed by atoms with van der Waals surface area (Å²) in [5, 5.41) is 5.83. The van der Waals surface area contributed by atoms with E-state index >= 15 is 0 Å². The van der Waals surface area contributed by atoms with Crippen LogP contribution in [-0.2, 0) is 6.54 Å². The van der Waals surface area contributed by atoms with Crippen LogP contribution in [0.1, 0.15) is 11.4 Å². The first-order valence-electron chi connectivity index (χ1n) is 4.60. The predicted octanol–water partition coefficient (Wildman–Crippen LogP) is -0.627. The maximum Gasteiger partial charge on any atom is 0.255 e. The minimum Gasteiger partial charge on any atom is -0.359 e. The molecule has 0 radical (unpaired) electrons. The molecule has 0 fully saturated rings. The summed E-state index contributed by atoms with van der Waals surface area (Å²) in [5.74, 6) is 1.25. The van der Waals surface area contributed by atoms with E-state index in [0.717, 1.165) is 0 Å². The van der Waals surface area contributed by atoms with Gasteiger partial charge in [0.2, 0.25) is 0 Å². The summed E-state index contributed by atoms with van der Waals surface area (Å²) in [4.78, 5) is 22.0. The van der Waals surface area contributed by atoms with Gasteiger partial charge in [-0.05, 0) is 6.92 Å². The molecule has 0 aromatic carbocycles. The second-order valence-electron chi connectivity index (χ2n) is 3.00. The molecule has 0 saturated carbocycles. The fourth-order valence-electron chi connectivity index (χ4n) is 1.09. The van der Waals surface area contributed by atoms with Crippen molar-refractivity contribution < 1.29 is 0 Å². The Morgan fingerprint density at radius 3 is 2.93 bits per heavy atom. The van der Waals surface area contributed by atoms with E-state index in [1.807, 2.05) is 0 Å². The number of aromatic amines is 1. The van der Waals surface area contributed by atoms with Gasteiger partial charge in [-0.15, -0.1) is 0 Å². The normalized spacial score (nSPS) is 11.3. The zero-order valence-corrected chi connectivity index (χ0v) is 9.09. The van der Waals surface area contributed by atoms with Crippen LogP contribution in [0.25, 0.3) is 0 Å². The topological polar surface area (TPSA) is 82.2 Å². The van der Waals surface area contributed by atoms with Crippen LogP contribution in [-0.4, -0.2) is 30.0 Å². The Labute approximate surface area is 87.9 Å². The van der Waals surface area contributed by atoms with Gasteiger partial charge >= 0.3 is 0 Å². The van der Waals surface area contributed by atoms with Crippen LogP contribution in [0.4, 0.5) is 0 Å². The van der Waals surface area contributed by atoms with E-state index in [-0.39, 0.29) is 5.56 Å². The lowest BCUT2D eigenvalue weighted by Gasteiger charge is -2.07. The van der Waals surface area contributed by atoms with Gasteiger partial charge in [0.1, 0.15) is 5.82 Å². The van der Waals surface area contributed by atoms with Gasteiger partial charge in [0.25, 0.3) is 5.56 Å². The molecule has 1 aromatic heterocycles. The Hall–Kier alpha value is -1.85. The highest BCUT2D eigenvalue weighted by Crippen LogP contribution is 1.87. The van der Waals surface area contributed by atoms with Gasteiger partial charge in [0.05, 0.1) is 5.56 Å².